The predicted molar refractivity (Wildman–Crippen MR) is 92.0 cm³/mol. The minimum Gasteiger partial charge on any atom is -0.497 e. The van der Waals surface area contributed by atoms with E-state index in [2.05, 4.69) is 5.10 Å². The number of ether oxygens (including phenoxy) is 1. The van der Waals surface area contributed by atoms with E-state index in [9.17, 15) is 9.90 Å². The lowest BCUT2D eigenvalue weighted by molar-refractivity contribution is 0.0690. The summed E-state index contributed by atoms with van der Waals surface area (Å²) in [4.78, 5) is 11.4. The number of hydrogen-bond donors (Lipinski definition) is 1. The van der Waals surface area contributed by atoms with Crippen molar-refractivity contribution >= 4 is 5.97 Å². The second-order valence-corrected chi connectivity index (χ2v) is 5.63. The lowest BCUT2D eigenvalue weighted by Crippen LogP contribution is -2.02. The maximum atomic E-state index is 11.4. The molecular formula is C19H18N2O3. The van der Waals surface area contributed by atoms with Crippen LogP contribution in [0.4, 0.5) is 0 Å². The van der Waals surface area contributed by atoms with Gasteiger partial charge in [-0.15, -0.1) is 0 Å². The average molecular weight is 322 g/mol. The largest absolute Gasteiger partial charge is 0.497 e. The molecule has 5 nitrogen and oxygen atoms in total. The summed E-state index contributed by atoms with van der Waals surface area (Å²) in [5.41, 5.74) is 4.78. The molecule has 5 heteroatoms. The van der Waals surface area contributed by atoms with Gasteiger partial charge in [0.25, 0.3) is 0 Å². The Bertz CT molecular complexity index is 895. The molecule has 122 valence electrons. The molecule has 0 aliphatic heterocycles. The fraction of sp³-hybridized carbons (Fsp3) is 0.158. The molecule has 0 spiro atoms. The van der Waals surface area contributed by atoms with Crippen molar-refractivity contribution in [3.8, 4) is 22.7 Å². The predicted octanol–water partition coefficient (Wildman–Crippen LogP) is 3.86. The molecule has 0 unspecified atom stereocenters. The van der Waals surface area contributed by atoms with Crippen LogP contribution in [0.5, 0.6) is 5.75 Å². The first-order valence-corrected chi connectivity index (χ1v) is 7.55. The van der Waals surface area contributed by atoms with Crippen LogP contribution in [0.3, 0.4) is 0 Å². The Morgan fingerprint density at radius 3 is 2.33 bits per heavy atom. The molecule has 1 N–H and O–H groups in total. The molecule has 0 fully saturated rings. The zero-order valence-corrected chi connectivity index (χ0v) is 13.8. The number of carboxylic acid groups (broad SMARTS) is 1. The summed E-state index contributed by atoms with van der Waals surface area (Å²) in [7, 11) is 1.60. The quantitative estimate of drug-likeness (QED) is 0.792. The minimum absolute atomic E-state index is 0.0130. The van der Waals surface area contributed by atoms with Gasteiger partial charge < -0.3 is 9.84 Å². The summed E-state index contributed by atoms with van der Waals surface area (Å²) in [5.74, 6) is -0.315. The van der Waals surface area contributed by atoms with E-state index in [0.717, 1.165) is 28.3 Å². The lowest BCUT2D eigenvalue weighted by Gasteiger charge is -2.10. The number of rotatable bonds is 4. The van der Waals surface area contributed by atoms with Gasteiger partial charge in [0, 0.05) is 5.56 Å². The summed E-state index contributed by atoms with van der Waals surface area (Å²) < 4.78 is 6.81. The molecule has 1 heterocycles. The van der Waals surface area contributed by atoms with Gasteiger partial charge in [0.15, 0.2) is 5.69 Å². The van der Waals surface area contributed by atoms with Crippen molar-refractivity contribution in [3.05, 3.63) is 65.4 Å². The summed E-state index contributed by atoms with van der Waals surface area (Å²) in [5, 5.41) is 13.5. The average Bonchev–Trinajstić information content (AvgIpc) is 3.03. The van der Waals surface area contributed by atoms with E-state index >= 15 is 0 Å². The number of methoxy groups -OCH3 is 1. The molecule has 1 aromatic heterocycles. The zero-order chi connectivity index (χ0) is 17.3. The number of carbonyl (C=O) groups is 1. The van der Waals surface area contributed by atoms with Gasteiger partial charge in [0.1, 0.15) is 5.75 Å². The van der Waals surface area contributed by atoms with Crippen LogP contribution in [0.15, 0.2) is 48.5 Å². The Hall–Kier alpha value is -3.08. The van der Waals surface area contributed by atoms with Crippen LogP contribution in [0.2, 0.25) is 0 Å². The van der Waals surface area contributed by atoms with Crippen LogP contribution < -0.4 is 4.74 Å². The van der Waals surface area contributed by atoms with Gasteiger partial charge in [0.05, 0.1) is 18.5 Å². The maximum Gasteiger partial charge on any atom is 0.356 e. The molecule has 0 aliphatic carbocycles. The van der Waals surface area contributed by atoms with Crippen molar-refractivity contribution in [2.45, 2.75) is 13.8 Å². The molecule has 0 bridgehead atoms. The van der Waals surface area contributed by atoms with E-state index in [1.54, 1.807) is 17.9 Å². The normalized spacial score (nSPS) is 10.6. The first-order valence-electron chi connectivity index (χ1n) is 7.55. The van der Waals surface area contributed by atoms with Crippen LogP contribution in [-0.4, -0.2) is 28.0 Å². The van der Waals surface area contributed by atoms with Crippen molar-refractivity contribution in [1.29, 1.82) is 0 Å². The third kappa shape index (κ3) is 2.88. The third-order valence-corrected chi connectivity index (χ3v) is 4.05. The molecule has 2 aromatic carbocycles. The first-order chi connectivity index (χ1) is 11.5. The van der Waals surface area contributed by atoms with Crippen LogP contribution >= 0.6 is 0 Å². The smallest absolute Gasteiger partial charge is 0.356 e. The summed E-state index contributed by atoms with van der Waals surface area (Å²) in [6, 6.07) is 15.0. The molecule has 0 atom stereocenters. The van der Waals surface area contributed by atoms with Crippen LogP contribution in [0.25, 0.3) is 16.9 Å². The Balaban J connectivity index is 2.16. The van der Waals surface area contributed by atoms with Gasteiger partial charge in [-0.2, -0.15) is 5.10 Å². The standard InChI is InChI=1S/C19H18N2O3/c1-12-4-5-14(10-13(12)2)18-11-17(19(22)23)20-21(18)15-6-8-16(24-3)9-7-15/h4-11H,1-3H3,(H,22,23). The second kappa shape index (κ2) is 6.20. The SMILES string of the molecule is COc1ccc(-n2nc(C(=O)O)cc2-c2ccc(C)c(C)c2)cc1. The Labute approximate surface area is 140 Å². The summed E-state index contributed by atoms with van der Waals surface area (Å²) in [6.07, 6.45) is 0. The second-order valence-electron chi connectivity index (χ2n) is 5.63. The van der Waals surface area contributed by atoms with E-state index in [4.69, 9.17) is 4.74 Å². The van der Waals surface area contributed by atoms with Gasteiger partial charge in [-0.05, 0) is 61.4 Å². The number of aryl methyl sites for hydroxylation is 2. The van der Waals surface area contributed by atoms with Crippen molar-refractivity contribution in [1.82, 2.24) is 9.78 Å². The van der Waals surface area contributed by atoms with Crippen LogP contribution in [-0.2, 0) is 0 Å². The van der Waals surface area contributed by atoms with Gasteiger partial charge in [0.2, 0.25) is 0 Å². The van der Waals surface area contributed by atoms with Crippen molar-refractivity contribution < 1.29 is 14.6 Å². The maximum absolute atomic E-state index is 11.4. The molecular weight excluding hydrogens is 304 g/mol. The van der Waals surface area contributed by atoms with Gasteiger partial charge in [-0.25, -0.2) is 9.48 Å². The van der Waals surface area contributed by atoms with Crippen molar-refractivity contribution in [2.75, 3.05) is 7.11 Å². The number of nitrogens with zero attached hydrogens (tertiary/aromatic N) is 2. The highest BCUT2D eigenvalue weighted by Gasteiger charge is 2.16. The highest BCUT2D eigenvalue weighted by atomic mass is 16.5. The van der Waals surface area contributed by atoms with E-state index < -0.39 is 5.97 Å². The number of benzene rings is 2. The molecule has 3 aromatic rings. The Morgan fingerprint density at radius 1 is 1.04 bits per heavy atom. The number of carboxylic acids is 1. The minimum atomic E-state index is -1.05. The fourth-order valence-electron chi connectivity index (χ4n) is 2.51. The Kier molecular flexibility index (Phi) is 4.08. The number of aromatic nitrogens is 2. The van der Waals surface area contributed by atoms with Crippen molar-refractivity contribution in [2.24, 2.45) is 0 Å². The van der Waals surface area contributed by atoms with Crippen molar-refractivity contribution in [3.63, 3.8) is 0 Å². The Morgan fingerprint density at radius 2 is 1.75 bits per heavy atom. The summed E-state index contributed by atoms with van der Waals surface area (Å²) in [6.45, 7) is 4.08. The van der Waals surface area contributed by atoms with E-state index in [1.807, 2.05) is 56.3 Å². The lowest BCUT2D eigenvalue weighted by atomic mass is 10.0. The molecule has 0 radical (unpaired) electrons. The van der Waals surface area contributed by atoms with E-state index in [1.165, 1.54) is 5.56 Å². The molecule has 0 aliphatic rings. The van der Waals surface area contributed by atoms with Crippen LogP contribution in [0, 0.1) is 13.8 Å². The number of aromatic carboxylic acids is 1. The first kappa shape index (κ1) is 15.8. The van der Waals surface area contributed by atoms with Crippen LogP contribution in [0.1, 0.15) is 21.6 Å². The fourth-order valence-corrected chi connectivity index (χ4v) is 2.51. The number of hydrogen-bond acceptors (Lipinski definition) is 3. The van der Waals surface area contributed by atoms with E-state index in [-0.39, 0.29) is 5.69 Å². The monoisotopic (exact) mass is 322 g/mol. The molecule has 3 rings (SSSR count). The topological polar surface area (TPSA) is 64.4 Å². The molecule has 0 amide bonds. The molecule has 0 saturated carbocycles. The summed E-state index contributed by atoms with van der Waals surface area (Å²) >= 11 is 0. The highest BCUT2D eigenvalue weighted by molar-refractivity contribution is 5.87. The third-order valence-electron chi connectivity index (χ3n) is 4.05. The van der Waals surface area contributed by atoms with Gasteiger partial charge in [-0.1, -0.05) is 12.1 Å². The highest BCUT2D eigenvalue weighted by Crippen LogP contribution is 2.27. The van der Waals surface area contributed by atoms with Gasteiger partial charge in [-0.3, -0.25) is 0 Å². The van der Waals surface area contributed by atoms with Gasteiger partial charge >= 0.3 is 5.97 Å². The molecule has 0 saturated heterocycles. The zero-order valence-electron chi connectivity index (χ0n) is 13.8. The molecule has 24 heavy (non-hydrogen) atoms. The van der Waals surface area contributed by atoms with E-state index in [0.29, 0.717) is 0 Å².